The fraction of sp³-hybridized carbons (Fsp3) is 0.500. The van der Waals surface area contributed by atoms with Gasteiger partial charge in [-0.3, -0.25) is 14.5 Å². The third kappa shape index (κ3) is 5.09. The molecule has 2 aromatic rings. The van der Waals surface area contributed by atoms with Crippen LogP contribution in [-0.4, -0.2) is 77.3 Å². The van der Waals surface area contributed by atoms with Gasteiger partial charge in [0.05, 0.1) is 17.2 Å². The molecule has 1 aromatic carbocycles. The number of carbonyl (C=O) groups is 2. The van der Waals surface area contributed by atoms with Crippen molar-refractivity contribution in [3.8, 4) is 0 Å². The molecule has 0 atom stereocenters. The van der Waals surface area contributed by atoms with Gasteiger partial charge in [-0.25, -0.2) is 0 Å². The number of aromatic amines is 1. The van der Waals surface area contributed by atoms with Crippen molar-refractivity contribution in [2.24, 2.45) is 0 Å². The number of nitrogens with zero attached hydrogens (tertiary/aromatic N) is 2. The summed E-state index contributed by atoms with van der Waals surface area (Å²) in [7, 11) is 0. The molecule has 1 saturated heterocycles. The first-order valence-electron chi connectivity index (χ1n) is 11.1. The molecule has 2 N–H and O–H groups in total. The van der Waals surface area contributed by atoms with Gasteiger partial charge in [-0.2, -0.15) is 0 Å². The molecule has 166 valence electrons. The number of hydrogen-bond acceptors (Lipinski definition) is 5. The Balaban J connectivity index is 1.31. The van der Waals surface area contributed by atoms with Crippen LogP contribution in [0.3, 0.4) is 0 Å². The molecule has 0 radical (unpaired) electrons. The normalized spacial score (nSPS) is 21.2. The zero-order valence-electron chi connectivity index (χ0n) is 17.8. The molecule has 1 aliphatic carbocycles. The number of allylic oxidation sites excluding steroid dienone is 2. The average molecular weight is 444 g/mol. The lowest BCUT2D eigenvalue weighted by atomic mass is 9.79. The number of nitrogens with one attached hydrogen (secondary N) is 1. The van der Waals surface area contributed by atoms with Crippen molar-refractivity contribution in [1.29, 1.82) is 0 Å². The minimum absolute atomic E-state index is 0.0553. The number of H-pyrrole nitrogens is 1. The second-order valence-corrected chi connectivity index (χ2v) is 8.93. The van der Waals surface area contributed by atoms with Crippen molar-refractivity contribution < 1.29 is 14.7 Å². The van der Waals surface area contributed by atoms with E-state index in [1.807, 2.05) is 30.5 Å². The lowest BCUT2D eigenvalue weighted by Gasteiger charge is -2.34. The topological polar surface area (TPSA) is 76.6 Å². The molecule has 2 fully saturated rings. The van der Waals surface area contributed by atoms with Gasteiger partial charge in [0, 0.05) is 68.6 Å². The smallest absolute Gasteiger partial charge is 0.166 e. The Morgan fingerprint density at radius 3 is 2.42 bits per heavy atom. The molecular formula is C24H30ClN3O3. The van der Waals surface area contributed by atoms with E-state index in [1.165, 1.54) is 0 Å². The molecule has 2 heterocycles. The van der Waals surface area contributed by atoms with Crippen LogP contribution in [0, 0.1) is 0 Å². The van der Waals surface area contributed by atoms with Crippen LogP contribution in [-0.2, 0) is 9.59 Å². The van der Waals surface area contributed by atoms with Crippen LogP contribution < -0.4 is 0 Å². The summed E-state index contributed by atoms with van der Waals surface area (Å²) >= 11 is 6.38. The van der Waals surface area contributed by atoms with E-state index < -0.39 is 0 Å². The van der Waals surface area contributed by atoms with Crippen molar-refractivity contribution in [1.82, 2.24) is 14.8 Å². The standard InChI is InChI=1S/C24H30ClN3O3/c25-20-5-3-6-21-24(20)19(16-26-21)17-14-22(30)18(23(31)15-17)4-1-2-7-27-8-10-28(11-9-27)12-13-29/h3-6,16-17,26,29H,1-2,7-15H2. The molecule has 1 saturated carbocycles. The van der Waals surface area contributed by atoms with Gasteiger partial charge in [-0.05, 0) is 37.1 Å². The summed E-state index contributed by atoms with van der Waals surface area (Å²) in [5.74, 6) is -0.235. The molecule has 0 unspecified atom stereocenters. The number of fused-ring (bicyclic) bond motifs is 1. The van der Waals surface area contributed by atoms with Gasteiger partial charge in [-0.1, -0.05) is 23.7 Å². The van der Waals surface area contributed by atoms with Gasteiger partial charge in [0.25, 0.3) is 0 Å². The van der Waals surface area contributed by atoms with Crippen LogP contribution in [0.5, 0.6) is 0 Å². The monoisotopic (exact) mass is 443 g/mol. The SMILES string of the molecule is O=C1CC(c2c[nH]c3cccc(Cl)c23)CC(=O)C1=CCCCN1CCN(CCO)CC1. The molecule has 0 spiro atoms. The largest absolute Gasteiger partial charge is 0.395 e. The molecule has 7 heteroatoms. The van der Waals surface area contributed by atoms with E-state index in [1.54, 1.807) is 0 Å². The number of carbonyl (C=O) groups excluding carboxylic acids is 2. The molecule has 1 aliphatic heterocycles. The van der Waals surface area contributed by atoms with E-state index in [4.69, 9.17) is 16.7 Å². The Bertz CT molecular complexity index is 956. The molecule has 0 amide bonds. The summed E-state index contributed by atoms with van der Waals surface area (Å²) in [5.41, 5.74) is 2.28. The zero-order chi connectivity index (χ0) is 21.8. The molecule has 2 aliphatic rings. The van der Waals surface area contributed by atoms with Gasteiger partial charge in [0.15, 0.2) is 11.6 Å². The van der Waals surface area contributed by atoms with Crippen molar-refractivity contribution >= 4 is 34.1 Å². The van der Waals surface area contributed by atoms with Crippen LogP contribution in [0.2, 0.25) is 5.02 Å². The van der Waals surface area contributed by atoms with Crippen LogP contribution in [0.1, 0.15) is 37.2 Å². The number of hydrogen-bond donors (Lipinski definition) is 2. The van der Waals surface area contributed by atoms with Crippen molar-refractivity contribution in [3.05, 3.63) is 46.6 Å². The summed E-state index contributed by atoms with van der Waals surface area (Å²) in [4.78, 5) is 33.4. The Labute approximate surface area is 187 Å². The van der Waals surface area contributed by atoms with Gasteiger partial charge in [0.1, 0.15) is 0 Å². The number of aliphatic hydroxyl groups excluding tert-OH is 1. The minimum Gasteiger partial charge on any atom is -0.395 e. The predicted octanol–water partition coefficient (Wildman–Crippen LogP) is 3.15. The van der Waals surface area contributed by atoms with Crippen molar-refractivity contribution in [3.63, 3.8) is 0 Å². The third-order valence-corrected chi connectivity index (χ3v) is 6.81. The number of halogens is 1. The molecule has 4 rings (SSSR count). The van der Waals surface area contributed by atoms with Crippen LogP contribution in [0.15, 0.2) is 36.0 Å². The first-order chi connectivity index (χ1) is 15.1. The second kappa shape index (κ2) is 10.1. The quantitative estimate of drug-likeness (QED) is 0.390. The van der Waals surface area contributed by atoms with Crippen LogP contribution in [0.4, 0.5) is 0 Å². The number of piperazine rings is 1. The Kier molecular flexibility index (Phi) is 7.23. The zero-order valence-corrected chi connectivity index (χ0v) is 18.5. The highest BCUT2D eigenvalue weighted by atomic mass is 35.5. The summed E-state index contributed by atoms with van der Waals surface area (Å²) < 4.78 is 0. The van der Waals surface area contributed by atoms with Crippen molar-refractivity contribution in [2.45, 2.75) is 31.6 Å². The maximum Gasteiger partial charge on any atom is 0.166 e. The Hall–Kier alpha value is -1.99. The highest BCUT2D eigenvalue weighted by Crippen LogP contribution is 2.38. The maximum atomic E-state index is 12.8. The summed E-state index contributed by atoms with van der Waals surface area (Å²) in [5, 5.41) is 10.6. The first kappa shape index (κ1) is 22.2. The number of Topliss-reactive ketones (excluding diaryl/α,β-unsaturated/α-hetero) is 2. The number of β-amino-alcohol motifs (C(OH)–C–C–N with tert-alkyl or cyclic N) is 1. The van der Waals surface area contributed by atoms with Crippen LogP contribution in [0.25, 0.3) is 10.9 Å². The lowest BCUT2D eigenvalue weighted by molar-refractivity contribution is -0.124. The van der Waals surface area contributed by atoms with E-state index in [2.05, 4.69) is 14.8 Å². The van der Waals surface area contributed by atoms with E-state index in [-0.39, 0.29) is 24.1 Å². The molecular weight excluding hydrogens is 414 g/mol. The van der Waals surface area contributed by atoms with Crippen molar-refractivity contribution in [2.75, 3.05) is 45.9 Å². The van der Waals surface area contributed by atoms with Gasteiger partial charge < -0.3 is 15.0 Å². The van der Waals surface area contributed by atoms with Gasteiger partial charge in [0.2, 0.25) is 0 Å². The predicted molar refractivity (Wildman–Crippen MR) is 123 cm³/mol. The van der Waals surface area contributed by atoms with E-state index >= 15 is 0 Å². The molecule has 6 nitrogen and oxygen atoms in total. The van der Waals surface area contributed by atoms with Gasteiger partial charge in [-0.15, -0.1) is 0 Å². The summed E-state index contributed by atoms with van der Waals surface area (Å²) in [6.07, 6.45) is 6.12. The fourth-order valence-electron chi connectivity index (χ4n) is 4.77. The van der Waals surface area contributed by atoms with E-state index in [0.717, 1.165) is 68.6 Å². The summed E-state index contributed by atoms with van der Waals surface area (Å²) in [6.45, 7) is 5.90. The number of ketones is 2. The highest BCUT2D eigenvalue weighted by Gasteiger charge is 2.32. The Morgan fingerprint density at radius 2 is 1.74 bits per heavy atom. The molecule has 0 bridgehead atoms. The van der Waals surface area contributed by atoms with E-state index in [0.29, 0.717) is 23.4 Å². The van der Waals surface area contributed by atoms with Gasteiger partial charge >= 0.3 is 0 Å². The number of benzene rings is 1. The minimum atomic E-state index is -0.124. The first-order valence-corrected chi connectivity index (χ1v) is 11.5. The summed E-state index contributed by atoms with van der Waals surface area (Å²) in [6, 6.07) is 5.68. The van der Waals surface area contributed by atoms with Crippen LogP contribution >= 0.6 is 11.6 Å². The lowest BCUT2D eigenvalue weighted by Crippen LogP contribution is -2.47. The third-order valence-electron chi connectivity index (χ3n) is 6.50. The maximum absolute atomic E-state index is 12.8. The number of unbranched alkanes of at least 4 members (excludes halogenated alkanes) is 1. The Morgan fingerprint density at radius 1 is 1.06 bits per heavy atom. The molecule has 1 aromatic heterocycles. The number of rotatable bonds is 7. The number of aliphatic hydroxyl groups is 1. The highest BCUT2D eigenvalue weighted by molar-refractivity contribution is 6.35. The number of aromatic nitrogens is 1. The average Bonchev–Trinajstić information content (AvgIpc) is 3.19. The van der Waals surface area contributed by atoms with E-state index in [9.17, 15) is 9.59 Å². The fourth-order valence-corrected chi connectivity index (χ4v) is 5.05. The second-order valence-electron chi connectivity index (χ2n) is 8.52. The molecule has 31 heavy (non-hydrogen) atoms.